The first-order valence-corrected chi connectivity index (χ1v) is 7.31. The third-order valence-electron chi connectivity index (χ3n) is 1.96. The van der Waals surface area contributed by atoms with E-state index in [2.05, 4.69) is 4.90 Å². The second kappa shape index (κ2) is 6.64. The minimum absolute atomic E-state index is 0.187. The molecule has 5 heteroatoms. The van der Waals surface area contributed by atoms with Crippen molar-refractivity contribution in [1.29, 1.82) is 0 Å². The predicted octanol–water partition coefficient (Wildman–Crippen LogP) is 1.37. The Labute approximate surface area is 92.3 Å². The lowest BCUT2D eigenvalue weighted by Crippen LogP contribution is -2.24. The van der Waals surface area contributed by atoms with Crippen LogP contribution in [0.3, 0.4) is 0 Å². The van der Waals surface area contributed by atoms with Gasteiger partial charge in [0.05, 0.1) is 5.75 Å². The Morgan fingerprint density at radius 3 is 2.36 bits per heavy atom. The molecule has 86 valence electrons. The van der Waals surface area contributed by atoms with E-state index in [1.165, 1.54) is 6.26 Å². The van der Waals surface area contributed by atoms with Gasteiger partial charge in [0.2, 0.25) is 0 Å². The zero-order valence-electron chi connectivity index (χ0n) is 9.16. The number of halogens is 1. The first kappa shape index (κ1) is 14.2. The highest BCUT2D eigenvalue weighted by molar-refractivity contribution is 7.90. The molecule has 0 rings (SSSR count). The van der Waals surface area contributed by atoms with Crippen LogP contribution in [0.25, 0.3) is 0 Å². The normalized spacial score (nSPS) is 14.6. The van der Waals surface area contributed by atoms with Crippen molar-refractivity contribution < 1.29 is 8.42 Å². The summed E-state index contributed by atoms with van der Waals surface area (Å²) in [4.78, 5) is 2.12. The van der Waals surface area contributed by atoms with Gasteiger partial charge in [-0.05, 0) is 39.9 Å². The summed E-state index contributed by atoms with van der Waals surface area (Å²) in [7, 11) is -0.816. The summed E-state index contributed by atoms with van der Waals surface area (Å²) in [5.74, 6) is 0.272. The van der Waals surface area contributed by atoms with Crippen LogP contribution in [0.4, 0.5) is 0 Å². The Morgan fingerprint density at radius 1 is 1.36 bits per heavy atom. The van der Waals surface area contributed by atoms with Crippen molar-refractivity contribution in [3.05, 3.63) is 0 Å². The lowest BCUT2D eigenvalue weighted by molar-refractivity contribution is 0.330. The van der Waals surface area contributed by atoms with Gasteiger partial charge in [-0.25, -0.2) is 8.42 Å². The van der Waals surface area contributed by atoms with Gasteiger partial charge in [0.15, 0.2) is 0 Å². The molecule has 0 aromatic carbocycles. The number of alkyl halides is 1. The van der Waals surface area contributed by atoms with Crippen molar-refractivity contribution >= 4 is 21.4 Å². The van der Waals surface area contributed by atoms with Crippen LogP contribution in [0, 0.1) is 0 Å². The van der Waals surface area contributed by atoms with Crippen LogP contribution in [-0.4, -0.2) is 50.8 Å². The van der Waals surface area contributed by atoms with Crippen LogP contribution < -0.4 is 0 Å². The van der Waals surface area contributed by atoms with Gasteiger partial charge < -0.3 is 4.90 Å². The Balaban J connectivity index is 3.50. The topological polar surface area (TPSA) is 37.4 Å². The number of hydrogen-bond acceptors (Lipinski definition) is 3. The fourth-order valence-electron chi connectivity index (χ4n) is 1.11. The van der Waals surface area contributed by atoms with Gasteiger partial charge in [0.1, 0.15) is 9.84 Å². The highest BCUT2D eigenvalue weighted by Gasteiger charge is 2.04. The monoisotopic (exact) mass is 241 g/mol. The van der Waals surface area contributed by atoms with Crippen molar-refractivity contribution in [2.45, 2.75) is 25.1 Å². The summed E-state index contributed by atoms with van der Waals surface area (Å²) >= 11 is 5.81. The van der Waals surface area contributed by atoms with Crippen molar-refractivity contribution in [2.75, 3.05) is 32.1 Å². The lowest BCUT2D eigenvalue weighted by Gasteiger charge is -2.16. The van der Waals surface area contributed by atoms with Gasteiger partial charge in [-0.15, -0.1) is 11.6 Å². The Kier molecular flexibility index (Phi) is 6.74. The molecule has 0 aromatic rings. The summed E-state index contributed by atoms with van der Waals surface area (Å²) in [5, 5.41) is 0.187. The van der Waals surface area contributed by atoms with E-state index in [-0.39, 0.29) is 11.1 Å². The summed E-state index contributed by atoms with van der Waals surface area (Å²) in [6.45, 7) is 3.71. The molecule has 0 bridgehead atoms. The molecule has 0 N–H and O–H groups in total. The lowest BCUT2D eigenvalue weighted by atomic mass is 10.3. The zero-order chi connectivity index (χ0) is 11.2. The highest BCUT2D eigenvalue weighted by atomic mass is 35.5. The summed E-state index contributed by atoms with van der Waals surface area (Å²) < 4.78 is 21.7. The number of rotatable bonds is 7. The molecule has 0 aliphatic carbocycles. The molecule has 1 unspecified atom stereocenters. The Bertz CT molecular complexity index is 239. The third kappa shape index (κ3) is 10.3. The average molecular weight is 242 g/mol. The van der Waals surface area contributed by atoms with Gasteiger partial charge in [-0.2, -0.15) is 0 Å². The van der Waals surface area contributed by atoms with Gasteiger partial charge in [0, 0.05) is 11.6 Å². The molecule has 0 aromatic heterocycles. The number of nitrogens with zero attached hydrogens (tertiary/aromatic N) is 1. The fraction of sp³-hybridized carbons (Fsp3) is 1.00. The summed E-state index contributed by atoms with van der Waals surface area (Å²) in [5.41, 5.74) is 0. The van der Waals surface area contributed by atoms with Crippen LogP contribution in [0.5, 0.6) is 0 Å². The van der Waals surface area contributed by atoms with Crippen molar-refractivity contribution in [2.24, 2.45) is 0 Å². The molecule has 14 heavy (non-hydrogen) atoms. The Morgan fingerprint density at radius 2 is 1.93 bits per heavy atom. The maximum atomic E-state index is 10.8. The quantitative estimate of drug-likeness (QED) is 0.632. The first-order chi connectivity index (χ1) is 6.31. The molecule has 0 spiro atoms. The molecule has 0 heterocycles. The van der Waals surface area contributed by atoms with E-state index >= 15 is 0 Å². The van der Waals surface area contributed by atoms with Crippen LogP contribution in [0.15, 0.2) is 0 Å². The van der Waals surface area contributed by atoms with Gasteiger partial charge in [-0.1, -0.05) is 0 Å². The van der Waals surface area contributed by atoms with Gasteiger partial charge >= 0.3 is 0 Å². The molecular weight excluding hydrogens is 222 g/mol. The molecule has 0 amide bonds. The highest BCUT2D eigenvalue weighted by Crippen LogP contribution is 2.01. The minimum Gasteiger partial charge on any atom is -0.306 e. The molecule has 1 atom stereocenters. The Hall–Kier alpha value is 0.200. The van der Waals surface area contributed by atoms with Crippen LogP contribution >= 0.6 is 11.6 Å². The van der Waals surface area contributed by atoms with Crippen LogP contribution in [-0.2, 0) is 9.84 Å². The maximum Gasteiger partial charge on any atom is 0.147 e. The van der Waals surface area contributed by atoms with E-state index in [0.717, 1.165) is 19.5 Å². The number of hydrogen-bond donors (Lipinski definition) is 0. The van der Waals surface area contributed by atoms with E-state index in [4.69, 9.17) is 11.6 Å². The molecule has 0 aliphatic heterocycles. The fourth-order valence-corrected chi connectivity index (χ4v) is 1.86. The van der Waals surface area contributed by atoms with Crippen molar-refractivity contribution in [3.8, 4) is 0 Å². The largest absolute Gasteiger partial charge is 0.306 e. The third-order valence-corrected chi connectivity index (χ3v) is 3.21. The van der Waals surface area contributed by atoms with E-state index in [9.17, 15) is 8.42 Å². The molecule has 0 aliphatic rings. The van der Waals surface area contributed by atoms with E-state index in [1.807, 2.05) is 14.0 Å². The second-order valence-electron chi connectivity index (χ2n) is 3.86. The van der Waals surface area contributed by atoms with Gasteiger partial charge in [0.25, 0.3) is 0 Å². The summed E-state index contributed by atoms with van der Waals surface area (Å²) in [6, 6.07) is 0. The molecular formula is C9H20ClNO2S. The van der Waals surface area contributed by atoms with Gasteiger partial charge in [-0.3, -0.25) is 0 Å². The van der Waals surface area contributed by atoms with Crippen LogP contribution in [0.1, 0.15) is 19.8 Å². The smallest absolute Gasteiger partial charge is 0.147 e. The predicted molar refractivity (Wildman–Crippen MR) is 61.8 cm³/mol. The molecule has 0 radical (unpaired) electrons. The zero-order valence-corrected chi connectivity index (χ0v) is 10.7. The second-order valence-corrected chi connectivity index (χ2v) is 6.86. The van der Waals surface area contributed by atoms with E-state index in [0.29, 0.717) is 6.42 Å². The molecule has 3 nitrogen and oxygen atoms in total. The molecule has 0 fully saturated rings. The molecule has 0 saturated carbocycles. The minimum atomic E-state index is -2.80. The standard InChI is InChI=1S/C9H20ClNO2S/c1-9(10)5-7-11(2)6-4-8-14(3,12)13/h9H,4-8H2,1-3H3. The number of sulfone groups is 1. The first-order valence-electron chi connectivity index (χ1n) is 4.81. The SMILES string of the molecule is CC(Cl)CCN(C)CCCS(C)(=O)=O. The average Bonchev–Trinajstić information content (AvgIpc) is 1.98. The van der Waals surface area contributed by atoms with Crippen molar-refractivity contribution in [1.82, 2.24) is 4.90 Å². The maximum absolute atomic E-state index is 10.8. The molecule has 0 saturated heterocycles. The van der Waals surface area contributed by atoms with E-state index in [1.54, 1.807) is 0 Å². The van der Waals surface area contributed by atoms with E-state index < -0.39 is 9.84 Å². The summed E-state index contributed by atoms with van der Waals surface area (Å²) in [6.07, 6.45) is 2.91. The van der Waals surface area contributed by atoms with Crippen molar-refractivity contribution in [3.63, 3.8) is 0 Å². The van der Waals surface area contributed by atoms with Crippen LogP contribution in [0.2, 0.25) is 0 Å².